The molecule has 38 heavy (non-hydrogen) atoms. The second kappa shape index (κ2) is 10.6. The first-order valence-corrected chi connectivity index (χ1v) is 14.9. The Morgan fingerprint density at radius 1 is 0.737 bits per heavy atom. The number of amides is 1. The van der Waals surface area contributed by atoms with Gasteiger partial charge in [-0.25, -0.2) is 4.79 Å². The number of carbonyl (C=O) groups is 2. The van der Waals surface area contributed by atoms with Crippen LogP contribution in [-0.4, -0.2) is 29.7 Å². The number of esters is 1. The molecule has 1 heterocycles. The molecule has 0 spiro atoms. The fourth-order valence-electron chi connectivity index (χ4n) is 5.37. The Hall–Kier alpha value is -3.75. The highest BCUT2D eigenvalue weighted by atomic mass is 31.2. The summed E-state index contributed by atoms with van der Waals surface area (Å²) in [4.78, 5) is 28.7. The van der Waals surface area contributed by atoms with E-state index < -0.39 is 12.9 Å². The fraction of sp³-hybridized carbons (Fsp3) is 0.212. The number of carbonyl (C=O) groups excluding carboxylic acids is 2. The van der Waals surface area contributed by atoms with Gasteiger partial charge in [0.2, 0.25) is 0 Å². The minimum Gasteiger partial charge on any atom is -0.456 e. The van der Waals surface area contributed by atoms with Crippen molar-refractivity contribution in [2.45, 2.75) is 38.5 Å². The van der Waals surface area contributed by atoms with Gasteiger partial charge in [-0.05, 0) is 81.4 Å². The molecule has 0 bridgehead atoms. The monoisotopic (exact) mass is 522 g/mol. The van der Waals surface area contributed by atoms with Crippen LogP contribution in [0.25, 0.3) is 0 Å². The molecule has 1 saturated heterocycles. The van der Waals surface area contributed by atoms with Crippen LogP contribution in [0.4, 0.5) is 5.69 Å². The lowest BCUT2D eigenvalue weighted by molar-refractivity contribution is -0.116. The van der Waals surface area contributed by atoms with Crippen LogP contribution in [0.5, 0.6) is 0 Å². The highest BCUT2D eigenvalue weighted by Crippen LogP contribution is 2.62. The van der Waals surface area contributed by atoms with Gasteiger partial charge in [-0.1, -0.05) is 54.6 Å². The number of anilines is 1. The summed E-state index contributed by atoms with van der Waals surface area (Å²) in [6, 6.07) is 38.8. The van der Waals surface area contributed by atoms with Crippen molar-refractivity contribution in [2.24, 2.45) is 0 Å². The van der Waals surface area contributed by atoms with Crippen LogP contribution in [0.3, 0.4) is 0 Å². The molecule has 4 aromatic rings. The van der Waals surface area contributed by atoms with Crippen LogP contribution < -0.4 is 20.8 Å². The average Bonchev–Trinajstić information content (AvgIpc) is 3.31. The molecule has 5 rings (SSSR count). The van der Waals surface area contributed by atoms with Gasteiger partial charge in [-0.2, -0.15) is 0 Å². The molecule has 1 aliphatic heterocycles. The van der Waals surface area contributed by atoms with E-state index in [0.717, 1.165) is 12.1 Å². The van der Waals surface area contributed by atoms with Crippen molar-refractivity contribution in [1.82, 2.24) is 0 Å². The summed E-state index contributed by atoms with van der Waals surface area (Å²) in [6.45, 7) is 6.18. The third-order valence-electron chi connectivity index (χ3n) is 6.95. The minimum atomic E-state index is -2.33. The van der Waals surface area contributed by atoms with Crippen molar-refractivity contribution in [2.75, 3.05) is 11.4 Å². The standard InChI is InChI=1S/C33H33NO3P/c1-33(2,3)37-32(36)25-19-21-26(22-20-25)34-24-23-30(31(34)35)38(27-13-7-4-8-14-27,28-15-9-5-10-16-28)29-17-11-6-12-18-29/h4-22,30H,23-24H2,1-3H3/q+1. The number of rotatable bonds is 6. The molecule has 1 fully saturated rings. The zero-order valence-electron chi connectivity index (χ0n) is 22.1. The first-order chi connectivity index (χ1) is 18.3. The Labute approximate surface area is 225 Å². The third-order valence-corrected chi connectivity index (χ3v) is 11.7. The molecule has 192 valence electrons. The van der Waals surface area contributed by atoms with Gasteiger partial charge in [0.05, 0.1) is 5.56 Å². The maximum Gasteiger partial charge on any atom is 0.338 e. The number of nitrogens with zero attached hydrogens (tertiary/aromatic N) is 1. The Bertz CT molecular complexity index is 1300. The van der Waals surface area contributed by atoms with Crippen LogP contribution in [0.15, 0.2) is 115 Å². The van der Waals surface area contributed by atoms with Gasteiger partial charge in [0.25, 0.3) is 5.91 Å². The van der Waals surface area contributed by atoms with Gasteiger partial charge in [-0.3, -0.25) is 4.79 Å². The van der Waals surface area contributed by atoms with E-state index in [4.69, 9.17) is 4.74 Å². The van der Waals surface area contributed by atoms with Gasteiger partial charge >= 0.3 is 5.97 Å². The topological polar surface area (TPSA) is 46.6 Å². The van der Waals surface area contributed by atoms with Crippen LogP contribution in [0.1, 0.15) is 37.6 Å². The summed E-state index contributed by atoms with van der Waals surface area (Å²) < 4.78 is 5.50. The normalized spacial score (nSPS) is 15.9. The van der Waals surface area contributed by atoms with Crippen LogP contribution in [0, 0.1) is 0 Å². The maximum atomic E-state index is 14.3. The van der Waals surface area contributed by atoms with Gasteiger partial charge in [0, 0.05) is 18.7 Å². The predicted molar refractivity (Wildman–Crippen MR) is 158 cm³/mol. The van der Waals surface area contributed by atoms with Gasteiger partial charge in [0.15, 0.2) is 5.66 Å². The minimum absolute atomic E-state index is 0.125. The van der Waals surface area contributed by atoms with E-state index in [0.29, 0.717) is 12.1 Å². The van der Waals surface area contributed by atoms with E-state index in [1.807, 2.05) is 56.0 Å². The summed E-state index contributed by atoms with van der Waals surface area (Å²) >= 11 is 0. The van der Waals surface area contributed by atoms with E-state index in [2.05, 4.69) is 72.8 Å². The van der Waals surface area contributed by atoms with E-state index >= 15 is 0 Å². The maximum absolute atomic E-state index is 14.3. The Morgan fingerprint density at radius 2 is 1.18 bits per heavy atom. The lowest BCUT2D eigenvalue weighted by Gasteiger charge is -2.32. The molecule has 1 atom stereocenters. The van der Waals surface area contributed by atoms with Crippen molar-refractivity contribution in [3.8, 4) is 0 Å². The number of benzene rings is 4. The predicted octanol–water partition coefficient (Wildman–Crippen LogP) is 5.74. The molecular formula is C33H33NO3P+. The van der Waals surface area contributed by atoms with Crippen molar-refractivity contribution in [3.63, 3.8) is 0 Å². The molecule has 1 aliphatic rings. The Kier molecular flexibility index (Phi) is 7.19. The van der Waals surface area contributed by atoms with Crippen LogP contribution >= 0.6 is 7.26 Å². The molecule has 0 radical (unpaired) electrons. The lowest BCUT2D eigenvalue weighted by atomic mass is 10.1. The smallest absolute Gasteiger partial charge is 0.338 e. The van der Waals surface area contributed by atoms with Crippen molar-refractivity contribution >= 4 is 40.7 Å². The Morgan fingerprint density at radius 3 is 1.61 bits per heavy atom. The average molecular weight is 523 g/mol. The number of ether oxygens (including phenoxy) is 1. The molecule has 0 aromatic heterocycles. The second-order valence-corrected chi connectivity index (χ2v) is 14.2. The van der Waals surface area contributed by atoms with Crippen molar-refractivity contribution in [3.05, 3.63) is 121 Å². The summed E-state index contributed by atoms with van der Waals surface area (Å²) in [7, 11) is -2.33. The number of hydrogen-bond acceptors (Lipinski definition) is 3. The van der Waals surface area contributed by atoms with Crippen molar-refractivity contribution in [1.29, 1.82) is 0 Å². The lowest BCUT2D eigenvalue weighted by Crippen LogP contribution is -2.42. The quantitative estimate of drug-likeness (QED) is 0.240. The van der Waals surface area contributed by atoms with E-state index in [-0.39, 0.29) is 17.5 Å². The Balaban J connectivity index is 1.56. The molecule has 0 aliphatic carbocycles. The largest absolute Gasteiger partial charge is 0.456 e. The summed E-state index contributed by atoms with van der Waals surface area (Å²) in [5, 5.41) is 3.62. The first-order valence-electron chi connectivity index (χ1n) is 13.0. The zero-order chi connectivity index (χ0) is 26.8. The number of hydrogen-bond donors (Lipinski definition) is 0. The molecule has 0 N–H and O–H groups in total. The molecule has 5 heteroatoms. The van der Waals surface area contributed by atoms with E-state index in [1.54, 1.807) is 12.1 Å². The highest BCUT2D eigenvalue weighted by molar-refractivity contribution is 7.97. The first kappa shape index (κ1) is 25.9. The SMILES string of the molecule is CC(C)(C)OC(=O)c1ccc(N2CCC([P+](c3ccccc3)(c3ccccc3)c3ccccc3)C2=O)cc1. The van der Waals surface area contributed by atoms with Crippen LogP contribution in [-0.2, 0) is 9.53 Å². The van der Waals surface area contributed by atoms with E-state index in [9.17, 15) is 9.59 Å². The molecule has 1 amide bonds. The van der Waals surface area contributed by atoms with Crippen LogP contribution in [0.2, 0.25) is 0 Å². The molecule has 4 aromatic carbocycles. The highest BCUT2D eigenvalue weighted by Gasteiger charge is 2.58. The van der Waals surface area contributed by atoms with Gasteiger partial charge < -0.3 is 9.64 Å². The van der Waals surface area contributed by atoms with Gasteiger partial charge in [-0.15, -0.1) is 0 Å². The van der Waals surface area contributed by atoms with Gasteiger partial charge in [0.1, 0.15) is 28.8 Å². The molecular weight excluding hydrogens is 489 g/mol. The zero-order valence-corrected chi connectivity index (χ0v) is 23.0. The summed E-state index contributed by atoms with van der Waals surface area (Å²) in [5.74, 6) is -0.239. The summed E-state index contributed by atoms with van der Waals surface area (Å²) in [6.07, 6.45) is 0.749. The summed E-state index contributed by atoms with van der Waals surface area (Å²) in [5.41, 5.74) is 0.525. The molecule has 1 unspecified atom stereocenters. The van der Waals surface area contributed by atoms with E-state index in [1.165, 1.54) is 15.9 Å². The second-order valence-electron chi connectivity index (χ2n) is 10.6. The molecule has 4 nitrogen and oxygen atoms in total. The fourth-order valence-corrected chi connectivity index (χ4v) is 10.2. The third kappa shape index (κ3) is 4.89. The molecule has 0 saturated carbocycles. The van der Waals surface area contributed by atoms with Crippen molar-refractivity contribution < 1.29 is 14.3 Å².